The van der Waals surface area contributed by atoms with Crippen molar-refractivity contribution in [3.8, 4) is 0 Å². The predicted molar refractivity (Wildman–Crippen MR) is 97.7 cm³/mol. The van der Waals surface area contributed by atoms with Crippen LogP contribution in [0.15, 0.2) is 10.9 Å². The molecular weight excluding hydrogens is 334 g/mol. The Hall–Kier alpha value is -1.99. The molecule has 2 heterocycles. The molecule has 142 valence electrons. The second kappa shape index (κ2) is 8.14. The number of nitrogens with zero attached hydrogens (tertiary/aromatic N) is 1. The highest BCUT2D eigenvalue weighted by Crippen LogP contribution is 2.18. The number of hydrogen-bond acceptors (Lipinski definition) is 5. The van der Waals surface area contributed by atoms with Crippen LogP contribution in [0, 0.1) is 5.92 Å². The van der Waals surface area contributed by atoms with Crippen LogP contribution in [0.5, 0.6) is 0 Å². The zero-order chi connectivity index (χ0) is 18.7. The number of ether oxygens (including phenoxy) is 1. The van der Waals surface area contributed by atoms with Crippen molar-refractivity contribution in [2.45, 2.75) is 39.2 Å². The largest absolute Gasteiger partial charge is 0.374 e. The zero-order valence-corrected chi connectivity index (χ0v) is 15.5. The molecule has 1 amide bonds. The van der Waals surface area contributed by atoms with E-state index in [9.17, 15) is 14.4 Å². The van der Waals surface area contributed by atoms with Crippen LogP contribution in [0.25, 0.3) is 0 Å². The van der Waals surface area contributed by atoms with Gasteiger partial charge in [-0.15, -0.1) is 0 Å². The van der Waals surface area contributed by atoms with Crippen LogP contribution >= 0.6 is 0 Å². The number of aryl methyl sites for hydroxylation is 1. The van der Waals surface area contributed by atoms with E-state index in [1.165, 1.54) is 6.07 Å². The Morgan fingerprint density at radius 2 is 2.19 bits per heavy atom. The number of rotatable bonds is 5. The third kappa shape index (κ3) is 4.40. The summed E-state index contributed by atoms with van der Waals surface area (Å²) in [5.74, 6) is 0.100. The van der Waals surface area contributed by atoms with Gasteiger partial charge in [0.25, 0.3) is 11.5 Å². The lowest BCUT2D eigenvalue weighted by atomic mass is 9.93. The number of pyridine rings is 1. The minimum absolute atomic E-state index is 0.00570. The first-order valence-corrected chi connectivity index (χ1v) is 9.35. The maximum absolute atomic E-state index is 12.4. The first-order chi connectivity index (χ1) is 12.4. The predicted octanol–water partition coefficient (Wildman–Crippen LogP) is 0.981. The van der Waals surface area contributed by atoms with Gasteiger partial charge in [-0.2, -0.15) is 0 Å². The molecular formula is C19H27N3O4. The monoisotopic (exact) mass is 361 g/mol. The van der Waals surface area contributed by atoms with E-state index in [4.69, 9.17) is 4.74 Å². The van der Waals surface area contributed by atoms with Gasteiger partial charge in [-0.1, -0.05) is 13.8 Å². The fourth-order valence-electron chi connectivity index (χ4n) is 3.63. The van der Waals surface area contributed by atoms with E-state index in [0.29, 0.717) is 43.2 Å². The Bertz CT molecular complexity index is 741. The highest BCUT2D eigenvalue weighted by molar-refractivity contribution is 6.01. The Morgan fingerprint density at radius 1 is 1.38 bits per heavy atom. The third-order valence-electron chi connectivity index (χ3n) is 4.84. The lowest BCUT2D eigenvalue weighted by Gasteiger charge is -2.33. The lowest BCUT2D eigenvalue weighted by Crippen LogP contribution is -2.48. The minimum atomic E-state index is -0.461. The van der Waals surface area contributed by atoms with Crippen molar-refractivity contribution in [3.05, 3.63) is 33.2 Å². The Labute approximate surface area is 153 Å². The van der Waals surface area contributed by atoms with Gasteiger partial charge in [0.1, 0.15) is 5.56 Å². The first kappa shape index (κ1) is 18.8. The molecule has 1 aromatic heterocycles. The van der Waals surface area contributed by atoms with Gasteiger partial charge in [0, 0.05) is 43.9 Å². The molecule has 0 bridgehead atoms. The standard InChI is InChI=1S/C19H27N3O4/c1-12(2)10-22-6-7-26-13(11-22)9-20-18(24)15-8-14-16(21-19(15)25)4-3-5-17(14)23/h8,12-13H,3-7,9-11H2,1-2H3,(H,20,24)(H,21,25)/t13-/m1/s1. The molecule has 1 aliphatic carbocycles. The van der Waals surface area contributed by atoms with Crippen molar-refractivity contribution in [3.63, 3.8) is 0 Å². The molecule has 2 aliphatic rings. The molecule has 0 spiro atoms. The summed E-state index contributed by atoms with van der Waals surface area (Å²) in [5, 5.41) is 2.78. The van der Waals surface area contributed by atoms with Crippen molar-refractivity contribution in [1.82, 2.24) is 15.2 Å². The molecule has 3 rings (SSSR count). The summed E-state index contributed by atoms with van der Waals surface area (Å²) in [6.45, 7) is 8.00. The second-order valence-electron chi connectivity index (χ2n) is 7.54. The second-order valence-corrected chi connectivity index (χ2v) is 7.54. The van der Waals surface area contributed by atoms with Crippen molar-refractivity contribution < 1.29 is 14.3 Å². The lowest BCUT2D eigenvalue weighted by molar-refractivity contribution is -0.0295. The highest BCUT2D eigenvalue weighted by atomic mass is 16.5. The number of H-pyrrole nitrogens is 1. The molecule has 1 saturated heterocycles. The van der Waals surface area contributed by atoms with Gasteiger partial charge >= 0.3 is 0 Å². The SMILES string of the molecule is CC(C)CN1CCO[C@H](CNC(=O)c2cc3c([nH]c2=O)CCCC3=O)C1. The van der Waals surface area contributed by atoms with Gasteiger partial charge in [-0.3, -0.25) is 19.3 Å². The molecule has 1 aromatic rings. The number of aromatic nitrogens is 1. The summed E-state index contributed by atoms with van der Waals surface area (Å²) in [4.78, 5) is 41.7. The number of hydrogen-bond donors (Lipinski definition) is 2. The van der Waals surface area contributed by atoms with E-state index in [0.717, 1.165) is 26.1 Å². The number of aromatic amines is 1. The number of ketones is 1. The molecule has 2 N–H and O–H groups in total. The number of fused-ring (bicyclic) bond motifs is 1. The van der Waals surface area contributed by atoms with E-state index in [2.05, 4.69) is 29.0 Å². The quantitative estimate of drug-likeness (QED) is 0.816. The molecule has 0 saturated carbocycles. The fourth-order valence-corrected chi connectivity index (χ4v) is 3.63. The summed E-state index contributed by atoms with van der Waals surface area (Å²) in [6, 6.07) is 1.44. The normalized spacial score (nSPS) is 20.9. The smallest absolute Gasteiger partial charge is 0.261 e. The van der Waals surface area contributed by atoms with E-state index < -0.39 is 11.5 Å². The van der Waals surface area contributed by atoms with Crippen molar-refractivity contribution in [2.24, 2.45) is 5.92 Å². The van der Waals surface area contributed by atoms with Gasteiger partial charge in [0.05, 0.1) is 12.7 Å². The Morgan fingerprint density at radius 3 is 2.96 bits per heavy atom. The molecule has 0 unspecified atom stereocenters. The van der Waals surface area contributed by atoms with Crippen molar-refractivity contribution >= 4 is 11.7 Å². The average Bonchev–Trinajstić information content (AvgIpc) is 2.59. The summed E-state index contributed by atoms with van der Waals surface area (Å²) < 4.78 is 5.72. The Kier molecular flexibility index (Phi) is 5.88. The number of carbonyl (C=O) groups excluding carboxylic acids is 2. The van der Waals surface area contributed by atoms with Crippen molar-refractivity contribution in [1.29, 1.82) is 0 Å². The molecule has 1 aliphatic heterocycles. The summed E-state index contributed by atoms with van der Waals surface area (Å²) in [6.07, 6.45) is 1.77. The van der Waals surface area contributed by atoms with E-state index in [1.807, 2.05) is 0 Å². The maximum Gasteiger partial charge on any atom is 0.261 e. The minimum Gasteiger partial charge on any atom is -0.374 e. The van der Waals surface area contributed by atoms with Crippen LogP contribution in [0.3, 0.4) is 0 Å². The number of Topliss-reactive ketones (excluding diaryl/α,β-unsaturated/α-hetero) is 1. The molecule has 7 nitrogen and oxygen atoms in total. The van der Waals surface area contributed by atoms with Gasteiger partial charge in [0.15, 0.2) is 5.78 Å². The van der Waals surface area contributed by atoms with E-state index in [1.54, 1.807) is 0 Å². The number of carbonyl (C=O) groups is 2. The van der Waals surface area contributed by atoms with Crippen LogP contribution in [-0.2, 0) is 11.2 Å². The summed E-state index contributed by atoms with van der Waals surface area (Å²) >= 11 is 0. The number of morpholine rings is 1. The molecule has 0 aromatic carbocycles. The molecule has 1 fully saturated rings. The van der Waals surface area contributed by atoms with E-state index >= 15 is 0 Å². The van der Waals surface area contributed by atoms with Crippen LogP contribution < -0.4 is 10.9 Å². The van der Waals surface area contributed by atoms with Crippen LogP contribution in [0.1, 0.15) is 53.1 Å². The zero-order valence-electron chi connectivity index (χ0n) is 15.5. The summed E-state index contributed by atoms with van der Waals surface area (Å²) in [5.41, 5.74) is 0.663. The molecule has 26 heavy (non-hydrogen) atoms. The number of nitrogens with one attached hydrogen (secondary N) is 2. The fraction of sp³-hybridized carbons (Fsp3) is 0.632. The van der Waals surface area contributed by atoms with Gasteiger partial charge < -0.3 is 15.0 Å². The van der Waals surface area contributed by atoms with Crippen LogP contribution in [0.4, 0.5) is 0 Å². The first-order valence-electron chi connectivity index (χ1n) is 9.35. The molecule has 1 atom stereocenters. The third-order valence-corrected chi connectivity index (χ3v) is 4.84. The molecule has 0 radical (unpaired) electrons. The van der Waals surface area contributed by atoms with E-state index in [-0.39, 0.29) is 17.5 Å². The maximum atomic E-state index is 12.4. The van der Waals surface area contributed by atoms with Crippen LogP contribution in [-0.4, -0.2) is 60.5 Å². The molecule has 7 heteroatoms. The Balaban J connectivity index is 1.62. The van der Waals surface area contributed by atoms with Gasteiger partial charge in [-0.25, -0.2) is 0 Å². The number of amides is 1. The van der Waals surface area contributed by atoms with Crippen molar-refractivity contribution in [2.75, 3.05) is 32.8 Å². The van der Waals surface area contributed by atoms with Crippen LogP contribution in [0.2, 0.25) is 0 Å². The van der Waals surface area contributed by atoms with Gasteiger partial charge in [0.2, 0.25) is 0 Å². The van der Waals surface area contributed by atoms with Gasteiger partial charge in [-0.05, 0) is 24.8 Å². The topological polar surface area (TPSA) is 91.5 Å². The summed E-state index contributed by atoms with van der Waals surface area (Å²) in [7, 11) is 0. The average molecular weight is 361 g/mol. The highest BCUT2D eigenvalue weighted by Gasteiger charge is 2.24.